The van der Waals surface area contributed by atoms with E-state index in [1.165, 1.54) is 0 Å². The molecule has 2 rings (SSSR count). The van der Waals surface area contributed by atoms with Crippen molar-refractivity contribution in [1.82, 2.24) is 5.32 Å². The lowest BCUT2D eigenvalue weighted by Crippen LogP contribution is -2.60. The van der Waals surface area contributed by atoms with Crippen molar-refractivity contribution in [2.45, 2.75) is 68.9 Å². The fourth-order valence-corrected chi connectivity index (χ4v) is 3.94. The Morgan fingerprint density at radius 1 is 1.43 bits per heavy atom. The lowest BCUT2D eigenvalue weighted by atomic mass is 9.96. The Bertz CT molecular complexity index is 437. The van der Waals surface area contributed by atoms with Crippen LogP contribution in [0.15, 0.2) is 0 Å². The topological polar surface area (TPSA) is 108 Å². The largest absolute Gasteiger partial charge is 0.441 e. The minimum absolute atomic E-state index is 0.120. The Kier molecular flexibility index (Phi) is 3.91. The molecule has 122 valence electrons. The minimum atomic E-state index is -2.28. The summed E-state index contributed by atoms with van der Waals surface area (Å²) < 4.78 is 11.1. The van der Waals surface area contributed by atoms with Gasteiger partial charge in [-0.15, -0.1) is 0 Å². The molecule has 0 aromatic carbocycles. The molecule has 7 nitrogen and oxygen atoms in total. The fourth-order valence-electron chi connectivity index (χ4n) is 2.61. The Balaban J connectivity index is 2.30. The molecule has 0 radical (unpaired) electrons. The van der Waals surface area contributed by atoms with E-state index >= 15 is 0 Å². The van der Waals surface area contributed by atoms with E-state index in [4.69, 9.17) is 9.16 Å². The van der Waals surface area contributed by atoms with Gasteiger partial charge < -0.3 is 29.8 Å². The lowest BCUT2D eigenvalue weighted by molar-refractivity contribution is -0.114. The fraction of sp³-hybridized carbons (Fsp3) is 0.923. The zero-order valence-electron chi connectivity index (χ0n) is 13.1. The second kappa shape index (κ2) is 4.92. The second-order valence-electron chi connectivity index (χ2n) is 7.43. The first kappa shape index (κ1) is 16.7. The van der Waals surface area contributed by atoms with Gasteiger partial charge in [0.2, 0.25) is 0 Å². The minimum Gasteiger partial charge on any atom is -0.441 e. The van der Waals surface area contributed by atoms with E-state index < -0.39 is 51.0 Å². The summed E-state index contributed by atoms with van der Waals surface area (Å²) in [4.78, 5) is 11.3. The van der Waals surface area contributed by atoms with E-state index in [2.05, 4.69) is 5.32 Å². The molecule has 1 saturated carbocycles. The third kappa shape index (κ3) is 2.48. The highest BCUT2D eigenvalue weighted by Crippen LogP contribution is 2.44. The number of hydrogen-bond donors (Lipinski definition) is 4. The van der Waals surface area contributed by atoms with Crippen LogP contribution < -0.4 is 5.32 Å². The molecule has 0 spiro atoms. The number of rotatable bonds is 3. The van der Waals surface area contributed by atoms with Gasteiger partial charge in [0.05, 0.1) is 6.61 Å². The number of carbonyl (C=O) groups is 1. The maximum absolute atomic E-state index is 11.3. The molecule has 4 N–H and O–H groups in total. The quantitative estimate of drug-likeness (QED) is 0.543. The van der Waals surface area contributed by atoms with Crippen molar-refractivity contribution >= 4 is 14.4 Å². The van der Waals surface area contributed by atoms with Crippen molar-refractivity contribution < 1.29 is 29.3 Å². The monoisotopic (exact) mass is 319 g/mol. The molecule has 1 saturated heterocycles. The van der Waals surface area contributed by atoms with Gasteiger partial charge in [-0.2, -0.15) is 0 Å². The van der Waals surface area contributed by atoms with E-state index in [0.717, 1.165) is 0 Å². The summed E-state index contributed by atoms with van der Waals surface area (Å²) in [5.41, 5.74) is -1.76. The number of fused-ring (bicyclic) bond motifs is 1. The number of carbonyl (C=O) groups excluding carboxylic acids is 1. The van der Waals surface area contributed by atoms with E-state index in [1.807, 2.05) is 33.9 Å². The first-order valence-corrected chi connectivity index (χ1v) is 10.0. The number of ether oxygens (including phenoxy) is 1. The predicted octanol–water partition coefficient (Wildman–Crippen LogP) is -0.0483. The zero-order chi connectivity index (χ0) is 16.2. The molecule has 1 aliphatic heterocycles. The van der Waals surface area contributed by atoms with Crippen LogP contribution in [0.1, 0.15) is 20.8 Å². The van der Waals surface area contributed by atoms with Gasteiger partial charge in [0, 0.05) is 0 Å². The van der Waals surface area contributed by atoms with E-state index in [1.54, 1.807) is 0 Å². The highest BCUT2D eigenvalue weighted by molar-refractivity contribution is 6.74. The standard InChI is InChI=1S/C13H25NO6Si/c1-12(2,3)21(4,5)20-10-7(16)8-9(13(10,18)6-15)14-11(17)19-8/h7-10,15-16,18H,6H2,1-5H3,(H,14,17)/t7-,8-,9-,10+,13+/m1/s1. The van der Waals surface area contributed by atoms with Gasteiger partial charge in [-0.05, 0) is 18.1 Å². The molecule has 1 aliphatic carbocycles. The molecule has 5 atom stereocenters. The van der Waals surface area contributed by atoms with Crippen LogP contribution in [-0.4, -0.2) is 66.3 Å². The number of aliphatic hydroxyl groups excluding tert-OH is 2. The van der Waals surface area contributed by atoms with Crippen LogP contribution in [0.2, 0.25) is 18.1 Å². The summed E-state index contributed by atoms with van der Waals surface area (Å²) in [5.74, 6) is 0. The molecule has 21 heavy (non-hydrogen) atoms. The Morgan fingerprint density at radius 2 is 2.00 bits per heavy atom. The first-order valence-electron chi connectivity index (χ1n) is 7.10. The molecule has 2 aliphatic rings. The maximum Gasteiger partial charge on any atom is 0.408 e. The molecule has 0 unspecified atom stereocenters. The van der Waals surface area contributed by atoms with Crippen LogP contribution in [0.4, 0.5) is 4.79 Å². The predicted molar refractivity (Wildman–Crippen MR) is 77.3 cm³/mol. The third-order valence-corrected chi connectivity index (χ3v) is 9.46. The van der Waals surface area contributed by atoms with Crippen molar-refractivity contribution in [3.63, 3.8) is 0 Å². The molecule has 0 bridgehead atoms. The van der Waals surface area contributed by atoms with E-state index in [-0.39, 0.29) is 5.04 Å². The van der Waals surface area contributed by atoms with Gasteiger partial charge in [-0.3, -0.25) is 0 Å². The van der Waals surface area contributed by atoms with E-state index in [9.17, 15) is 20.1 Å². The van der Waals surface area contributed by atoms with Crippen molar-refractivity contribution in [3.05, 3.63) is 0 Å². The van der Waals surface area contributed by atoms with Crippen LogP contribution in [0.25, 0.3) is 0 Å². The lowest BCUT2D eigenvalue weighted by Gasteiger charge is -2.43. The molecule has 1 amide bonds. The first-order chi connectivity index (χ1) is 9.44. The number of nitrogens with one attached hydrogen (secondary N) is 1. The Morgan fingerprint density at radius 3 is 2.48 bits per heavy atom. The number of alkyl carbamates (subject to hydrolysis) is 1. The smallest absolute Gasteiger partial charge is 0.408 e. The van der Waals surface area contributed by atoms with Crippen molar-refractivity contribution in [2.75, 3.05) is 6.61 Å². The normalized spacial score (nSPS) is 39.9. The van der Waals surface area contributed by atoms with Gasteiger partial charge in [-0.1, -0.05) is 20.8 Å². The average Bonchev–Trinajstić information content (AvgIpc) is 2.81. The van der Waals surface area contributed by atoms with Crippen molar-refractivity contribution in [3.8, 4) is 0 Å². The Hall–Kier alpha value is -0.673. The van der Waals surface area contributed by atoms with Crippen LogP contribution >= 0.6 is 0 Å². The molecule has 2 fully saturated rings. The third-order valence-electron chi connectivity index (χ3n) is 5.00. The second-order valence-corrected chi connectivity index (χ2v) is 12.2. The summed E-state index contributed by atoms with van der Waals surface area (Å²) in [6, 6.07) is -0.875. The van der Waals surface area contributed by atoms with Gasteiger partial charge >= 0.3 is 6.09 Å². The summed E-state index contributed by atoms with van der Waals surface area (Å²) >= 11 is 0. The maximum atomic E-state index is 11.3. The molecule has 8 heteroatoms. The number of amides is 1. The molecule has 1 heterocycles. The van der Waals surface area contributed by atoms with Gasteiger partial charge in [0.1, 0.15) is 23.9 Å². The average molecular weight is 319 g/mol. The SMILES string of the molecule is CC(C)(C)[Si](C)(C)O[C@H]1[C@H](O)[C@H]2OC(=O)N[C@H]2[C@@]1(O)CO. The van der Waals surface area contributed by atoms with Crippen molar-refractivity contribution in [1.29, 1.82) is 0 Å². The summed E-state index contributed by atoms with van der Waals surface area (Å²) in [7, 11) is -2.28. The van der Waals surface area contributed by atoms with E-state index in [0.29, 0.717) is 0 Å². The summed E-state index contributed by atoms with van der Waals surface area (Å²) in [6.07, 6.45) is -3.80. The number of hydrogen-bond acceptors (Lipinski definition) is 6. The van der Waals surface area contributed by atoms with Crippen LogP contribution in [0.5, 0.6) is 0 Å². The Labute approximate surface area is 125 Å². The highest BCUT2D eigenvalue weighted by Gasteiger charge is 2.66. The summed E-state index contributed by atoms with van der Waals surface area (Å²) in [6.45, 7) is 9.47. The van der Waals surface area contributed by atoms with Gasteiger partial charge in [0.25, 0.3) is 0 Å². The number of aliphatic hydroxyl groups is 3. The molecule has 0 aromatic rings. The van der Waals surface area contributed by atoms with Crippen LogP contribution in [0.3, 0.4) is 0 Å². The summed E-state index contributed by atoms with van der Waals surface area (Å²) in [5, 5.41) is 33.1. The molecular formula is C13H25NO6Si. The van der Waals surface area contributed by atoms with Gasteiger partial charge in [-0.25, -0.2) is 4.79 Å². The highest BCUT2D eigenvalue weighted by atomic mass is 28.4. The molecular weight excluding hydrogens is 294 g/mol. The zero-order valence-corrected chi connectivity index (χ0v) is 14.1. The van der Waals surface area contributed by atoms with Crippen molar-refractivity contribution in [2.24, 2.45) is 0 Å². The molecule has 0 aromatic heterocycles. The van der Waals surface area contributed by atoms with Gasteiger partial charge in [0.15, 0.2) is 14.4 Å². The van der Waals surface area contributed by atoms with Crippen LogP contribution in [0, 0.1) is 0 Å². The van der Waals surface area contributed by atoms with Crippen LogP contribution in [-0.2, 0) is 9.16 Å².